The first-order valence-electron chi connectivity index (χ1n) is 10.0. The molecular weight excluding hydrogens is 430 g/mol. The van der Waals surface area contributed by atoms with Crippen molar-refractivity contribution in [3.63, 3.8) is 0 Å². The van der Waals surface area contributed by atoms with E-state index in [4.69, 9.17) is 5.14 Å². The number of nitrogens with two attached hydrogens (primary N) is 1. The van der Waals surface area contributed by atoms with Crippen LogP contribution in [0.5, 0.6) is 0 Å². The second-order valence-electron chi connectivity index (χ2n) is 7.63. The van der Waals surface area contributed by atoms with Crippen molar-refractivity contribution in [3.05, 3.63) is 70.6 Å². The molecule has 0 saturated heterocycles. The fourth-order valence-corrected chi connectivity index (χ4v) is 4.35. The Labute approximate surface area is 184 Å². The number of carbonyl (C=O) groups is 1. The average molecular weight is 454 g/mol. The van der Waals surface area contributed by atoms with Gasteiger partial charge in [0.05, 0.1) is 16.6 Å². The van der Waals surface area contributed by atoms with E-state index in [0.29, 0.717) is 23.9 Å². The SMILES string of the molecule is CC(C(=O)NCCc1ccc(S(N)(=O)=O)cc1)n1c2ccccc2c2cnn(C)c(=O)c21. The third kappa shape index (κ3) is 3.90. The molecule has 0 spiro atoms. The highest BCUT2D eigenvalue weighted by Gasteiger charge is 2.23. The Kier molecular flexibility index (Phi) is 5.57. The number of nitrogens with one attached hydrogen (secondary N) is 1. The topological polar surface area (TPSA) is 129 Å². The molecule has 0 aliphatic carbocycles. The van der Waals surface area contributed by atoms with E-state index in [2.05, 4.69) is 10.4 Å². The first kappa shape index (κ1) is 21.7. The second-order valence-corrected chi connectivity index (χ2v) is 9.19. The molecule has 2 aromatic carbocycles. The number of rotatable bonds is 6. The van der Waals surface area contributed by atoms with E-state index in [9.17, 15) is 18.0 Å². The Morgan fingerprint density at radius 2 is 1.81 bits per heavy atom. The molecule has 0 radical (unpaired) electrons. The molecule has 0 aliphatic heterocycles. The summed E-state index contributed by atoms with van der Waals surface area (Å²) in [7, 11) is -2.16. The fraction of sp³-hybridized carbons (Fsp3) is 0.227. The van der Waals surface area contributed by atoms with Gasteiger partial charge in [-0.3, -0.25) is 9.59 Å². The summed E-state index contributed by atoms with van der Waals surface area (Å²) in [5.41, 5.74) is 1.81. The predicted octanol–water partition coefficient (Wildman–Crippen LogP) is 1.46. The van der Waals surface area contributed by atoms with Crippen LogP contribution in [0.3, 0.4) is 0 Å². The van der Waals surface area contributed by atoms with Crippen LogP contribution < -0.4 is 16.0 Å². The monoisotopic (exact) mass is 453 g/mol. The number of hydrogen-bond donors (Lipinski definition) is 2. The van der Waals surface area contributed by atoms with Crippen LogP contribution in [0.4, 0.5) is 0 Å². The van der Waals surface area contributed by atoms with Gasteiger partial charge in [-0.15, -0.1) is 0 Å². The smallest absolute Gasteiger partial charge is 0.291 e. The highest BCUT2D eigenvalue weighted by molar-refractivity contribution is 7.89. The van der Waals surface area contributed by atoms with Gasteiger partial charge in [0.15, 0.2) is 0 Å². The Hall–Kier alpha value is -3.50. The van der Waals surface area contributed by atoms with Crippen LogP contribution in [0.15, 0.2) is 64.4 Å². The highest BCUT2D eigenvalue weighted by atomic mass is 32.2. The summed E-state index contributed by atoms with van der Waals surface area (Å²) >= 11 is 0. The van der Waals surface area contributed by atoms with E-state index in [1.54, 1.807) is 36.9 Å². The van der Waals surface area contributed by atoms with Crippen LogP contribution in [-0.4, -0.2) is 35.2 Å². The summed E-state index contributed by atoms with van der Waals surface area (Å²) in [5, 5.41) is 13.7. The number of amides is 1. The summed E-state index contributed by atoms with van der Waals surface area (Å²) in [5.74, 6) is -0.229. The Morgan fingerprint density at radius 1 is 1.12 bits per heavy atom. The lowest BCUT2D eigenvalue weighted by molar-refractivity contribution is -0.123. The molecular formula is C22H23N5O4S. The molecule has 3 N–H and O–H groups in total. The van der Waals surface area contributed by atoms with E-state index in [-0.39, 0.29) is 16.4 Å². The number of para-hydroxylation sites is 1. The fourth-order valence-electron chi connectivity index (χ4n) is 3.83. The van der Waals surface area contributed by atoms with Crippen LogP contribution in [0.2, 0.25) is 0 Å². The summed E-state index contributed by atoms with van der Waals surface area (Å²) in [6.07, 6.45) is 2.16. The zero-order chi connectivity index (χ0) is 23.0. The van der Waals surface area contributed by atoms with E-state index in [0.717, 1.165) is 16.5 Å². The minimum absolute atomic E-state index is 0.0429. The summed E-state index contributed by atoms with van der Waals surface area (Å²) in [6, 6.07) is 13.1. The standard InChI is InChI=1S/C22H23N5O4S/c1-14(21(28)24-12-11-15-7-9-16(10-8-15)32(23,30)31)27-19-6-4-3-5-17(19)18-13-25-26(2)22(29)20(18)27/h3-10,13-14H,11-12H2,1-2H3,(H,24,28)(H2,23,30,31). The largest absolute Gasteiger partial charge is 0.354 e. The van der Waals surface area contributed by atoms with Crippen LogP contribution >= 0.6 is 0 Å². The third-order valence-corrected chi connectivity index (χ3v) is 6.47. The Bertz CT molecular complexity index is 1490. The molecule has 4 aromatic rings. The van der Waals surface area contributed by atoms with Crippen molar-refractivity contribution in [1.82, 2.24) is 19.7 Å². The lowest BCUT2D eigenvalue weighted by Gasteiger charge is -2.16. The molecule has 2 aromatic heterocycles. The number of carbonyl (C=O) groups excluding carboxylic acids is 1. The van der Waals surface area contributed by atoms with Crippen molar-refractivity contribution in [2.75, 3.05) is 6.54 Å². The van der Waals surface area contributed by atoms with Crippen LogP contribution in [0.25, 0.3) is 21.8 Å². The molecule has 0 fully saturated rings. The zero-order valence-corrected chi connectivity index (χ0v) is 18.5. The zero-order valence-electron chi connectivity index (χ0n) is 17.6. The molecule has 166 valence electrons. The molecule has 2 heterocycles. The number of primary sulfonamides is 1. The first-order valence-corrected chi connectivity index (χ1v) is 11.6. The van der Waals surface area contributed by atoms with Gasteiger partial charge in [0.25, 0.3) is 5.56 Å². The maximum absolute atomic E-state index is 12.9. The van der Waals surface area contributed by atoms with Gasteiger partial charge in [0.2, 0.25) is 15.9 Å². The third-order valence-electron chi connectivity index (χ3n) is 5.54. The second kappa shape index (κ2) is 8.21. The van der Waals surface area contributed by atoms with Crippen LogP contribution in [0.1, 0.15) is 18.5 Å². The van der Waals surface area contributed by atoms with E-state index in [1.165, 1.54) is 16.8 Å². The van der Waals surface area contributed by atoms with Crippen molar-refractivity contribution in [3.8, 4) is 0 Å². The molecule has 0 bridgehead atoms. The molecule has 1 unspecified atom stereocenters. The minimum Gasteiger partial charge on any atom is -0.354 e. The van der Waals surface area contributed by atoms with Crippen molar-refractivity contribution in [2.45, 2.75) is 24.3 Å². The maximum atomic E-state index is 12.9. The van der Waals surface area contributed by atoms with Gasteiger partial charge in [0.1, 0.15) is 11.6 Å². The lowest BCUT2D eigenvalue weighted by Crippen LogP contribution is -2.33. The number of benzene rings is 2. The van der Waals surface area contributed by atoms with Crippen molar-refractivity contribution >= 4 is 37.7 Å². The van der Waals surface area contributed by atoms with Gasteiger partial charge in [0, 0.05) is 24.4 Å². The summed E-state index contributed by atoms with van der Waals surface area (Å²) in [6.45, 7) is 2.11. The normalized spacial score (nSPS) is 12.8. The molecule has 10 heteroatoms. The molecule has 9 nitrogen and oxygen atoms in total. The Morgan fingerprint density at radius 3 is 2.50 bits per heavy atom. The van der Waals surface area contributed by atoms with Crippen molar-refractivity contribution in [1.29, 1.82) is 0 Å². The summed E-state index contributed by atoms with van der Waals surface area (Å²) in [4.78, 5) is 25.8. The molecule has 4 rings (SSSR count). The number of sulfonamides is 1. The van der Waals surface area contributed by atoms with Gasteiger partial charge in [-0.05, 0) is 37.1 Å². The van der Waals surface area contributed by atoms with Gasteiger partial charge >= 0.3 is 0 Å². The molecule has 1 atom stereocenters. The maximum Gasteiger partial charge on any atom is 0.291 e. The lowest BCUT2D eigenvalue weighted by atomic mass is 10.1. The minimum atomic E-state index is -3.74. The predicted molar refractivity (Wildman–Crippen MR) is 122 cm³/mol. The van der Waals surface area contributed by atoms with Crippen molar-refractivity contribution < 1.29 is 13.2 Å². The Balaban J connectivity index is 1.56. The summed E-state index contributed by atoms with van der Waals surface area (Å²) < 4.78 is 25.7. The van der Waals surface area contributed by atoms with Crippen LogP contribution in [-0.2, 0) is 28.3 Å². The van der Waals surface area contributed by atoms with Gasteiger partial charge < -0.3 is 9.88 Å². The average Bonchev–Trinajstić information content (AvgIpc) is 3.10. The first-order chi connectivity index (χ1) is 15.2. The number of aryl methyl sites for hydroxylation is 1. The molecule has 32 heavy (non-hydrogen) atoms. The van der Waals surface area contributed by atoms with Gasteiger partial charge in [-0.25, -0.2) is 18.2 Å². The quantitative estimate of drug-likeness (QED) is 0.457. The van der Waals surface area contributed by atoms with Crippen molar-refractivity contribution in [2.24, 2.45) is 12.2 Å². The number of aromatic nitrogens is 3. The number of hydrogen-bond acceptors (Lipinski definition) is 5. The van der Waals surface area contributed by atoms with Gasteiger partial charge in [-0.1, -0.05) is 30.3 Å². The van der Waals surface area contributed by atoms with Gasteiger partial charge in [-0.2, -0.15) is 5.10 Å². The van der Waals surface area contributed by atoms with E-state index < -0.39 is 16.1 Å². The molecule has 0 aliphatic rings. The van der Waals surface area contributed by atoms with E-state index in [1.807, 2.05) is 24.3 Å². The number of fused-ring (bicyclic) bond motifs is 3. The molecule has 1 amide bonds. The van der Waals surface area contributed by atoms with E-state index >= 15 is 0 Å². The van der Waals surface area contributed by atoms with Crippen LogP contribution in [0, 0.1) is 0 Å². The highest BCUT2D eigenvalue weighted by Crippen LogP contribution is 2.29. The number of nitrogens with zero attached hydrogens (tertiary/aromatic N) is 3. The molecule has 0 saturated carbocycles.